The molecule has 0 unspecified atom stereocenters. The van der Waals surface area contributed by atoms with Crippen molar-refractivity contribution in [1.82, 2.24) is 9.80 Å². The molecular weight excluding hydrogens is 236 g/mol. The summed E-state index contributed by atoms with van der Waals surface area (Å²) in [6, 6.07) is 0. The number of rotatable bonds is 2. The number of hydrogen-bond donors (Lipinski definition) is 0. The van der Waals surface area contributed by atoms with Crippen LogP contribution in [-0.4, -0.2) is 41.9 Å². The van der Waals surface area contributed by atoms with Crippen LogP contribution in [0, 0.1) is 5.41 Å². The third-order valence-corrected chi connectivity index (χ3v) is 4.65. The number of carbonyl (C=O) groups is 1. The Hall–Kier alpha value is -0.990. The van der Waals surface area contributed by atoms with Gasteiger partial charge >= 0.3 is 0 Å². The van der Waals surface area contributed by atoms with Crippen LogP contribution in [0.5, 0.6) is 0 Å². The van der Waals surface area contributed by atoms with Gasteiger partial charge in [0.15, 0.2) is 0 Å². The Kier molecular flexibility index (Phi) is 4.22. The quantitative estimate of drug-likeness (QED) is 0.765. The molecule has 1 fully saturated rings. The standard InChI is InChI=1S/C16H28N2O/c1-5-14(19)17-9-11-18(12-10-17)15-13(2)7-6-8-16(15,3)4/h5-12H2,1-4H3. The van der Waals surface area contributed by atoms with E-state index in [0.717, 1.165) is 26.2 Å². The molecule has 2 aliphatic rings. The molecule has 1 aliphatic heterocycles. The average molecular weight is 264 g/mol. The molecule has 1 aliphatic carbocycles. The van der Waals surface area contributed by atoms with Crippen molar-refractivity contribution in [2.24, 2.45) is 5.41 Å². The largest absolute Gasteiger partial charge is 0.371 e. The number of hydrogen-bond acceptors (Lipinski definition) is 2. The van der Waals surface area contributed by atoms with Crippen LogP contribution in [0.1, 0.15) is 53.4 Å². The molecule has 0 aromatic heterocycles. The Bertz CT molecular complexity index is 376. The van der Waals surface area contributed by atoms with Crippen molar-refractivity contribution >= 4 is 5.91 Å². The Morgan fingerprint density at radius 2 is 1.84 bits per heavy atom. The molecule has 3 heteroatoms. The Morgan fingerprint density at radius 1 is 1.21 bits per heavy atom. The van der Waals surface area contributed by atoms with Crippen LogP contribution in [-0.2, 0) is 4.79 Å². The van der Waals surface area contributed by atoms with Crippen LogP contribution in [0.15, 0.2) is 11.3 Å². The van der Waals surface area contributed by atoms with Crippen molar-refractivity contribution < 1.29 is 4.79 Å². The molecule has 0 aromatic rings. The van der Waals surface area contributed by atoms with Crippen molar-refractivity contribution in [1.29, 1.82) is 0 Å². The average Bonchev–Trinajstić information content (AvgIpc) is 2.37. The van der Waals surface area contributed by atoms with Crippen molar-refractivity contribution in [3.05, 3.63) is 11.3 Å². The maximum Gasteiger partial charge on any atom is 0.222 e. The Balaban J connectivity index is 2.06. The topological polar surface area (TPSA) is 23.6 Å². The van der Waals surface area contributed by atoms with Gasteiger partial charge in [0.1, 0.15) is 0 Å². The monoisotopic (exact) mass is 264 g/mol. The first-order valence-corrected chi connectivity index (χ1v) is 7.68. The summed E-state index contributed by atoms with van der Waals surface area (Å²) in [5.41, 5.74) is 3.42. The highest BCUT2D eigenvalue weighted by Gasteiger charge is 2.33. The maximum absolute atomic E-state index is 11.7. The third-order valence-electron chi connectivity index (χ3n) is 4.65. The highest BCUT2D eigenvalue weighted by molar-refractivity contribution is 5.75. The molecule has 0 aromatic carbocycles. The summed E-state index contributed by atoms with van der Waals surface area (Å²) in [6.07, 6.45) is 4.48. The predicted molar refractivity (Wildman–Crippen MR) is 78.8 cm³/mol. The highest BCUT2D eigenvalue weighted by Crippen LogP contribution is 2.42. The second-order valence-corrected chi connectivity index (χ2v) is 6.59. The van der Waals surface area contributed by atoms with E-state index >= 15 is 0 Å². The number of piperazine rings is 1. The molecule has 108 valence electrons. The Labute approximate surface area is 117 Å². The van der Waals surface area contributed by atoms with E-state index in [4.69, 9.17) is 0 Å². The van der Waals surface area contributed by atoms with E-state index < -0.39 is 0 Å². The van der Waals surface area contributed by atoms with E-state index in [9.17, 15) is 4.79 Å². The van der Waals surface area contributed by atoms with Crippen LogP contribution in [0.25, 0.3) is 0 Å². The second-order valence-electron chi connectivity index (χ2n) is 6.59. The molecule has 1 amide bonds. The lowest BCUT2D eigenvalue weighted by atomic mass is 9.76. The molecule has 0 spiro atoms. The smallest absolute Gasteiger partial charge is 0.222 e. The lowest BCUT2D eigenvalue weighted by Crippen LogP contribution is -2.50. The zero-order valence-corrected chi connectivity index (χ0v) is 13.0. The zero-order chi connectivity index (χ0) is 14.0. The molecular formula is C16H28N2O. The number of allylic oxidation sites excluding steroid dienone is 2. The van der Waals surface area contributed by atoms with Gasteiger partial charge in [-0.2, -0.15) is 0 Å². The summed E-state index contributed by atoms with van der Waals surface area (Å²) in [5.74, 6) is 0.299. The number of nitrogens with zero attached hydrogens (tertiary/aromatic N) is 2. The van der Waals surface area contributed by atoms with Gasteiger partial charge in [0.2, 0.25) is 5.91 Å². The minimum absolute atomic E-state index is 0.299. The Morgan fingerprint density at radius 3 is 2.37 bits per heavy atom. The van der Waals surface area contributed by atoms with Gasteiger partial charge in [-0.1, -0.05) is 26.3 Å². The molecule has 0 saturated carbocycles. The van der Waals surface area contributed by atoms with E-state index in [1.807, 2.05) is 11.8 Å². The van der Waals surface area contributed by atoms with Crippen LogP contribution >= 0.6 is 0 Å². The first-order valence-electron chi connectivity index (χ1n) is 7.68. The highest BCUT2D eigenvalue weighted by atomic mass is 16.2. The van der Waals surface area contributed by atoms with Gasteiger partial charge in [-0.3, -0.25) is 4.79 Å². The lowest BCUT2D eigenvalue weighted by Gasteiger charge is -2.45. The summed E-state index contributed by atoms with van der Waals surface area (Å²) < 4.78 is 0. The summed E-state index contributed by atoms with van der Waals surface area (Å²) in [5, 5.41) is 0. The molecule has 3 nitrogen and oxygen atoms in total. The normalized spacial score (nSPS) is 23.8. The molecule has 0 bridgehead atoms. The SMILES string of the molecule is CCC(=O)N1CCN(C2=C(C)CCCC2(C)C)CC1. The van der Waals surface area contributed by atoms with Gasteiger partial charge in [0.25, 0.3) is 0 Å². The maximum atomic E-state index is 11.7. The minimum Gasteiger partial charge on any atom is -0.371 e. The summed E-state index contributed by atoms with van der Waals surface area (Å²) in [7, 11) is 0. The fourth-order valence-corrected chi connectivity index (χ4v) is 3.71. The fourth-order valence-electron chi connectivity index (χ4n) is 3.71. The van der Waals surface area contributed by atoms with E-state index in [2.05, 4.69) is 25.7 Å². The van der Waals surface area contributed by atoms with Gasteiger partial charge < -0.3 is 9.80 Å². The number of amides is 1. The van der Waals surface area contributed by atoms with E-state index in [0.29, 0.717) is 17.7 Å². The fraction of sp³-hybridized carbons (Fsp3) is 0.812. The van der Waals surface area contributed by atoms with Crippen molar-refractivity contribution in [2.75, 3.05) is 26.2 Å². The van der Waals surface area contributed by atoms with E-state index in [-0.39, 0.29) is 0 Å². The molecule has 0 radical (unpaired) electrons. The van der Waals surface area contributed by atoms with Gasteiger partial charge in [0.05, 0.1) is 0 Å². The van der Waals surface area contributed by atoms with Gasteiger partial charge in [-0.25, -0.2) is 0 Å². The summed E-state index contributed by atoms with van der Waals surface area (Å²) in [4.78, 5) is 16.3. The van der Waals surface area contributed by atoms with E-state index in [1.165, 1.54) is 19.3 Å². The first-order chi connectivity index (χ1) is 8.95. The van der Waals surface area contributed by atoms with Gasteiger partial charge in [0, 0.05) is 43.7 Å². The molecule has 2 rings (SSSR count). The van der Waals surface area contributed by atoms with Gasteiger partial charge in [-0.05, 0) is 26.2 Å². The van der Waals surface area contributed by atoms with Gasteiger partial charge in [-0.15, -0.1) is 0 Å². The van der Waals surface area contributed by atoms with Crippen molar-refractivity contribution in [3.63, 3.8) is 0 Å². The summed E-state index contributed by atoms with van der Waals surface area (Å²) >= 11 is 0. The van der Waals surface area contributed by atoms with E-state index in [1.54, 1.807) is 11.3 Å². The number of carbonyl (C=O) groups excluding carboxylic acids is 1. The van der Waals surface area contributed by atoms with Crippen LogP contribution in [0.2, 0.25) is 0 Å². The summed E-state index contributed by atoms with van der Waals surface area (Å²) in [6.45, 7) is 12.8. The molecule has 1 saturated heterocycles. The minimum atomic E-state index is 0.299. The molecule has 19 heavy (non-hydrogen) atoms. The van der Waals surface area contributed by atoms with Crippen LogP contribution in [0.3, 0.4) is 0 Å². The van der Waals surface area contributed by atoms with Crippen LogP contribution in [0.4, 0.5) is 0 Å². The second kappa shape index (κ2) is 5.56. The van der Waals surface area contributed by atoms with Crippen LogP contribution < -0.4 is 0 Å². The lowest BCUT2D eigenvalue weighted by molar-refractivity contribution is -0.132. The van der Waals surface area contributed by atoms with Crippen molar-refractivity contribution in [3.8, 4) is 0 Å². The first kappa shape index (κ1) is 14.4. The molecule has 1 heterocycles. The predicted octanol–water partition coefficient (Wildman–Crippen LogP) is 3.02. The third kappa shape index (κ3) is 2.96. The zero-order valence-electron chi connectivity index (χ0n) is 13.0. The molecule has 0 atom stereocenters. The van der Waals surface area contributed by atoms with Crippen molar-refractivity contribution in [2.45, 2.75) is 53.4 Å². The molecule has 0 N–H and O–H groups in total.